The Bertz CT molecular complexity index is 1560. The van der Waals surface area contributed by atoms with Crippen molar-refractivity contribution >= 4 is 20.9 Å². The zero-order chi connectivity index (χ0) is 26.7. The number of para-hydroxylation sites is 1. The van der Waals surface area contributed by atoms with Crippen molar-refractivity contribution in [2.24, 2.45) is 0 Å². The highest BCUT2D eigenvalue weighted by molar-refractivity contribution is 7.89. The molecule has 0 saturated carbocycles. The Morgan fingerprint density at radius 2 is 1.70 bits per heavy atom. The zero-order valence-corrected chi connectivity index (χ0v) is 22.7. The summed E-state index contributed by atoms with van der Waals surface area (Å²) in [7, 11) is -0.752. The van der Waals surface area contributed by atoms with Gasteiger partial charge in [-0.25, -0.2) is 13.4 Å². The minimum Gasteiger partial charge on any atom is -0.497 e. The summed E-state index contributed by atoms with van der Waals surface area (Å²) in [5, 5.41) is 0.472. The molecule has 3 aromatic carbocycles. The van der Waals surface area contributed by atoms with Crippen LogP contribution in [0.2, 0.25) is 0 Å². The van der Waals surface area contributed by atoms with Gasteiger partial charge in [0.25, 0.3) is 5.56 Å². The van der Waals surface area contributed by atoms with E-state index in [9.17, 15) is 13.2 Å². The van der Waals surface area contributed by atoms with Gasteiger partial charge in [0.15, 0.2) is 0 Å². The van der Waals surface area contributed by atoms with Crippen molar-refractivity contribution in [3.63, 3.8) is 0 Å². The predicted octanol–water partition coefficient (Wildman–Crippen LogP) is 5.43. The number of unbranched alkanes of at least 4 members (excludes halogenated alkanes) is 1. The molecule has 8 heteroatoms. The number of methoxy groups -OCH3 is 1. The summed E-state index contributed by atoms with van der Waals surface area (Å²) in [6, 6.07) is 18.8. The number of rotatable bonds is 9. The van der Waals surface area contributed by atoms with Crippen LogP contribution in [0.5, 0.6) is 5.75 Å². The second-order valence-electron chi connectivity index (χ2n) is 9.22. The van der Waals surface area contributed by atoms with Crippen molar-refractivity contribution in [1.82, 2.24) is 13.9 Å². The van der Waals surface area contributed by atoms with Crippen LogP contribution in [0.15, 0.2) is 76.4 Å². The molecule has 0 aliphatic carbocycles. The number of hydrogen-bond donors (Lipinski definition) is 0. The maximum atomic E-state index is 13.8. The maximum absolute atomic E-state index is 13.8. The molecule has 4 rings (SSSR count). The minimum atomic E-state index is -3.85. The van der Waals surface area contributed by atoms with E-state index in [-0.39, 0.29) is 10.5 Å². The summed E-state index contributed by atoms with van der Waals surface area (Å²) in [6.07, 6.45) is 3.05. The predicted molar refractivity (Wildman–Crippen MR) is 147 cm³/mol. The molecule has 7 nitrogen and oxygen atoms in total. The van der Waals surface area contributed by atoms with Crippen LogP contribution < -0.4 is 10.3 Å². The van der Waals surface area contributed by atoms with E-state index in [0.29, 0.717) is 28.2 Å². The van der Waals surface area contributed by atoms with Gasteiger partial charge < -0.3 is 4.74 Å². The van der Waals surface area contributed by atoms with Crippen LogP contribution in [0.25, 0.3) is 16.6 Å². The van der Waals surface area contributed by atoms with Crippen molar-refractivity contribution in [3.8, 4) is 11.4 Å². The Balaban J connectivity index is 1.83. The molecule has 1 atom stereocenters. The second-order valence-corrected chi connectivity index (χ2v) is 11.2. The third kappa shape index (κ3) is 5.17. The van der Waals surface area contributed by atoms with E-state index in [1.807, 2.05) is 31.2 Å². The number of ether oxygens (including phenoxy) is 1. The first-order chi connectivity index (χ1) is 17.7. The SMILES string of the molecule is CCCCc1ccc(S(=O)(=O)N(C)C(C)c2nc3c(C)cccc3c(=O)n2-c2ccc(OC)cc2)cc1. The van der Waals surface area contributed by atoms with Crippen LogP contribution in [0.1, 0.15) is 49.7 Å². The van der Waals surface area contributed by atoms with Crippen LogP contribution in [0, 0.1) is 6.92 Å². The monoisotopic (exact) mass is 519 g/mol. The highest BCUT2D eigenvalue weighted by Crippen LogP contribution is 2.28. The Kier molecular flexibility index (Phi) is 7.80. The lowest BCUT2D eigenvalue weighted by atomic mass is 10.1. The largest absolute Gasteiger partial charge is 0.497 e. The Hall–Kier alpha value is -3.49. The smallest absolute Gasteiger partial charge is 0.266 e. The number of benzene rings is 3. The van der Waals surface area contributed by atoms with Crippen LogP contribution in [-0.4, -0.2) is 36.4 Å². The van der Waals surface area contributed by atoms with E-state index in [1.54, 1.807) is 56.5 Å². The molecule has 1 heterocycles. The van der Waals surface area contributed by atoms with Gasteiger partial charge in [-0.05, 0) is 80.3 Å². The van der Waals surface area contributed by atoms with Crippen molar-refractivity contribution in [3.05, 3.63) is 94.0 Å². The fraction of sp³-hybridized carbons (Fsp3) is 0.310. The van der Waals surface area contributed by atoms with Gasteiger partial charge in [-0.3, -0.25) is 9.36 Å². The summed E-state index contributed by atoms with van der Waals surface area (Å²) in [5.74, 6) is 0.987. The van der Waals surface area contributed by atoms with Gasteiger partial charge in [0.2, 0.25) is 10.0 Å². The molecule has 0 fully saturated rings. The number of hydrogen-bond acceptors (Lipinski definition) is 5. The summed E-state index contributed by atoms with van der Waals surface area (Å²) >= 11 is 0. The lowest BCUT2D eigenvalue weighted by Gasteiger charge is -2.26. The molecule has 0 aliphatic rings. The van der Waals surface area contributed by atoms with E-state index in [4.69, 9.17) is 9.72 Å². The molecule has 0 N–H and O–H groups in total. The van der Waals surface area contributed by atoms with Gasteiger partial charge in [0, 0.05) is 7.05 Å². The molecular formula is C29H33N3O4S. The molecule has 0 amide bonds. The highest BCUT2D eigenvalue weighted by atomic mass is 32.2. The number of sulfonamides is 1. The van der Waals surface area contributed by atoms with Crippen molar-refractivity contribution < 1.29 is 13.2 Å². The molecule has 1 unspecified atom stereocenters. The third-order valence-corrected chi connectivity index (χ3v) is 8.74. The number of aryl methyl sites for hydroxylation is 2. The fourth-order valence-electron chi connectivity index (χ4n) is 4.38. The van der Waals surface area contributed by atoms with Gasteiger partial charge in [-0.2, -0.15) is 4.31 Å². The van der Waals surface area contributed by atoms with E-state index in [2.05, 4.69) is 6.92 Å². The molecule has 0 spiro atoms. The Morgan fingerprint density at radius 3 is 2.32 bits per heavy atom. The van der Waals surface area contributed by atoms with Crippen molar-refractivity contribution in [2.45, 2.75) is 51.0 Å². The van der Waals surface area contributed by atoms with Crippen LogP contribution in [0.4, 0.5) is 0 Å². The van der Waals surface area contributed by atoms with Crippen LogP contribution >= 0.6 is 0 Å². The molecule has 194 valence electrons. The van der Waals surface area contributed by atoms with Crippen molar-refractivity contribution in [1.29, 1.82) is 0 Å². The first kappa shape index (κ1) is 26.6. The summed E-state index contributed by atoms with van der Waals surface area (Å²) < 4.78 is 35.3. The van der Waals surface area contributed by atoms with Crippen molar-refractivity contribution in [2.75, 3.05) is 14.2 Å². The number of fused-ring (bicyclic) bond motifs is 1. The molecule has 0 bridgehead atoms. The van der Waals surface area contributed by atoms with E-state index < -0.39 is 16.1 Å². The first-order valence-electron chi connectivity index (χ1n) is 12.4. The van der Waals surface area contributed by atoms with Crippen LogP contribution in [-0.2, 0) is 16.4 Å². The quantitative estimate of drug-likeness (QED) is 0.295. The number of nitrogens with zero attached hydrogens (tertiary/aromatic N) is 3. The maximum Gasteiger partial charge on any atom is 0.266 e. The molecule has 4 aromatic rings. The molecular weight excluding hydrogens is 486 g/mol. The van der Waals surface area contributed by atoms with E-state index in [0.717, 1.165) is 30.4 Å². The molecule has 37 heavy (non-hydrogen) atoms. The van der Waals surface area contributed by atoms with Gasteiger partial charge in [-0.15, -0.1) is 0 Å². The van der Waals surface area contributed by atoms with Gasteiger partial charge in [-0.1, -0.05) is 37.6 Å². The Labute approximate surface area is 218 Å². The molecule has 0 aliphatic heterocycles. The fourth-order valence-corrected chi connectivity index (χ4v) is 5.70. The Morgan fingerprint density at radius 1 is 1.03 bits per heavy atom. The van der Waals surface area contributed by atoms with E-state index in [1.165, 1.54) is 15.9 Å². The average molecular weight is 520 g/mol. The van der Waals surface area contributed by atoms with Gasteiger partial charge >= 0.3 is 0 Å². The summed E-state index contributed by atoms with van der Waals surface area (Å²) in [5.41, 5.74) is 2.83. The summed E-state index contributed by atoms with van der Waals surface area (Å²) in [6.45, 7) is 5.77. The molecule has 1 aromatic heterocycles. The molecule has 0 radical (unpaired) electrons. The average Bonchev–Trinajstić information content (AvgIpc) is 2.91. The third-order valence-electron chi connectivity index (χ3n) is 6.80. The first-order valence-corrected chi connectivity index (χ1v) is 13.9. The topological polar surface area (TPSA) is 81.5 Å². The van der Waals surface area contributed by atoms with Gasteiger partial charge in [0.1, 0.15) is 11.6 Å². The van der Waals surface area contributed by atoms with E-state index >= 15 is 0 Å². The standard InChI is InChI=1S/C29H33N3O4S/c1-6-7-10-22-12-18-25(19-13-22)37(34,35)31(4)21(3)28-30-27-20(2)9-8-11-26(27)29(33)32(28)23-14-16-24(36-5)17-15-23/h8-9,11-19,21H,6-7,10H2,1-5H3. The lowest BCUT2D eigenvalue weighted by molar-refractivity contribution is 0.379. The zero-order valence-electron chi connectivity index (χ0n) is 21.9. The minimum absolute atomic E-state index is 0.206. The van der Waals surface area contributed by atoms with Gasteiger partial charge in [0.05, 0.1) is 34.6 Å². The second kappa shape index (κ2) is 10.9. The van der Waals surface area contributed by atoms with Crippen LogP contribution in [0.3, 0.4) is 0 Å². The highest BCUT2D eigenvalue weighted by Gasteiger charge is 2.30. The normalized spacial score (nSPS) is 12.7. The summed E-state index contributed by atoms with van der Waals surface area (Å²) in [4.78, 5) is 18.8. The molecule has 0 saturated heterocycles. The number of aromatic nitrogens is 2. The lowest BCUT2D eigenvalue weighted by Crippen LogP contribution is -2.35.